The lowest BCUT2D eigenvalue weighted by Gasteiger charge is -2.34. The van der Waals surface area contributed by atoms with Crippen LogP contribution in [0.2, 0.25) is 0 Å². The molecule has 0 amide bonds. The quantitative estimate of drug-likeness (QED) is 0.445. The maximum Gasteiger partial charge on any atom is 0.351 e. The van der Waals surface area contributed by atoms with Gasteiger partial charge in [-0.05, 0) is 49.6 Å². The molecule has 188 valence electrons. The first-order valence-electron chi connectivity index (χ1n) is 12.1. The fourth-order valence-electron chi connectivity index (χ4n) is 5.35. The van der Waals surface area contributed by atoms with Crippen molar-refractivity contribution in [1.29, 1.82) is 0 Å². The van der Waals surface area contributed by atoms with Crippen molar-refractivity contribution >= 4 is 22.9 Å². The lowest BCUT2D eigenvalue weighted by molar-refractivity contribution is -0.184. The maximum atomic E-state index is 13.5. The van der Waals surface area contributed by atoms with E-state index in [9.17, 15) is 14.4 Å². The van der Waals surface area contributed by atoms with Gasteiger partial charge in [0, 0.05) is 30.3 Å². The highest BCUT2D eigenvalue weighted by atomic mass is 16.6. The van der Waals surface area contributed by atoms with Gasteiger partial charge in [-0.25, -0.2) is 4.79 Å². The summed E-state index contributed by atoms with van der Waals surface area (Å²) in [6, 6.07) is 8.47. The highest BCUT2D eigenvalue weighted by Crippen LogP contribution is 2.65. The van der Waals surface area contributed by atoms with E-state index in [0.717, 1.165) is 5.56 Å². The summed E-state index contributed by atoms with van der Waals surface area (Å²) >= 11 is 0. The first-order valence-corrected chi connectivity index (χ1v) is 12.1. The number of fused-ring (bicyclic) bond motifs is 3. The number of benzene rings is 1. The zero-order chi connectivity index (χ0) is 25.7. The molecule has 1 aromatic carbocycles. The van der Waals surface area contributed by atoms with Gasteiger partial charge in [-0.3, -0.25) is 14.6 Å². The summed E-state index contributed by atoms with van der Waals surface area (Å²) < 4.78 is 23.6. The van der Waals surface area contributed by atoms with Crippen LogP contribution in [-0.2, 0) is 38.7 Å². The van der Waals surface area contributed by atoms with E-state index in [1.54, 1.807) is 24.5 Å². The van der Waals surface area contributed by atoms with Crippen LogP contribution in [0, 0.1) is 10.8 Å². The van der Waals surface area contributed by atoms with Gasteiger partial charge in [0.15, 0.2) is 5.43 Å². The van der Waals surface area contributed by atoms with Crippen molar-refractivity contribution in [2.75, 3.05) is 0 Å². The Labute approximate surface area is 208 Å². The molecular weight excluding hydrogens is 462 g/mol. The summed E-state index contributed by atoms with van der Waals surface area (Å²) in [5.74, 6) is -0.0312. The Balaban J connectivity index is 1.50. The molecule has 2 atom stereocenters. The standard InChI is InChI=1S/C28H29NO7/c1-5-18-14-21(30)19-6-7-22(33-15-17-8-12-29-13-9-17)20(23(19)35-18)16-34-25(32)28-11-10-27(4,24(31)36-28)26(28,2)3/h6-9,12-14H,5,10-11,15-16H2,1-4H3. The van der Waals surface area contributed by atoms with Gasteiger partial charge in [-0.2, -0.15) is 0 Å². The third-order valence-corrected chi connectivity index (χ3v) is 8.26. The summed E-state index contributed by atoms with van der Waals surface area (Å²) in [6.45, 7) is 7.53. The third-order valence-electron chi connectivity index (χ3n) is 8.26. The normalized spacial score (nSPS) is 24.1. The van der Waals surface area contributed by atoms with Gasteiger partial charge in [0.25, 0.3) is 0 Å². The molecule has 0 spiro atoms. The predicted molar refractivity (Wildman–Crippen MR) is 130 cm³/mol. The molecule has 36 heavy (non-hydrogen) atoms. The van der Waals surface area contributed by atoms with Crippen LogP contribution in [0.1, 0.15) is 57.4 Å². The molecule has 1 aliphatic carbocycles. The monoisotopic (exact) mass is 491 g/mol. The lowest BCUT2D eigenvalue weighted by atomic mass is 9.66. The van der Waals surface area contributed by atoms with Crippen molar-refractivity contribution in [3.8, 4) is 5.75 Å². The van der Waals surface area contributed by atoms with Crippen molar-refractivity contribution in [2.24, 2.45) is 10.8 Å². The van der Waals surface area contributed by atoms with Crippen LogP contribution in [-0.4, -0.2) is 22.5 Å². The predicted octanol–water partition coefficient (Wildman–Crippen LogP) is 4.49. The van der Waals surface area contributed by atoms with E-state index < -0.39 is 22.4 Å². The molecule has 2 unspecified atom stereocenters. The van der Waals surface area contributed by atoms with Crippen molar-refractivity contribution in [1.82, 2.24) is 4.98 Å². The molecule has 1 saturated heterocycles. The van der Waals surface area contributed by atoms with Gasteiger partial charge in [0.05, 0.1) is 16.4 Å². The molecule has 3 heterocycles. The van der Waals surface area contributed by atoms with Crippen LogP contribution < -0.4 is 10.2 Å². The molecule has 8 heteroatoms. The Bertz CT molecular complexity index is 1410. The van der Waals surface area contributed by atoms with Gasteiger partial charge in [-0.15, -0.1) is 0 Å². The number of hydrogen-bond acceptors (Lipinski definition) is 8. The zero-order valence-corrected chi connectivity index (χ0v) is 20.9. The number of nitrogens with zero attached hydrogens (tertiary/aromatic N) is 1. The second-order valence-corrected chi connectivity index (χ2v) is 10.2. The molecule has 2 aliphatic rings. The SMILES string of the molecule is CCc1cc(=O)c2ccc(OCc3ccncc3)c(COC(=O)C34CCC(C)(C(=O)O3)C4(C)C)c2o1. The van der Waals surface area contributed by atoms with Crippen LogP contribution in [0.5, 0.6) is 5.75 Å². The molecule has 0 N–H and O–H groups in total. The minimum atomic E-state index is -1.35. The summed E-state index contributed by atoms with van der Waals surface area (Å²) in [5, 5.41) is 0.369. The van der Waals surface area contributed by atoms with Crippen LogP contribution >= 0.6 is 0 Å². The van der Waals surface area contributed by atoms with E-state index >= 15 is 0 Å². The van der Waals surface area contributed by atoms with E-state index in [1.165, 1.54) is 6.07 Å². The number of carbonyl (C=O) groups excluding carboxylic acids is 2. The van der Waals surface area contributed by atoms with Crippen LogP contribution in [0.3, 0.4) is 0 Å². The minimum Gasteiger partial charge on any atom is -0.488 e. The summed E-state index contributed by atoms with van der Waals surface area (Å²) in [6.07, 6.45) is 4.83. The van der Waals surface area contributed by atoms with E-state index in [2.05, 4.69) is 4.98 Å². The van der Waals surface area contributed by atoms with Gasteiger partial charge < -0.3 is 18.6 Å². The average Bonchev–Trinajstić information content (AvgIpc) is 3.17. The molecule has 3 aromatic rings. The molecular formula is C28H29NO7. The second kappa shape index (κ2) is 8.47. The number of pyridine rings is 1. The van der Waals surface area contributed by atoms with Gasteiger partial charge in [-0.1, -0.05) is 20.8 Å². The molecule has 0 radical (unpaired) electrons. The largest absolute Gasteiger partial charge is 0.488 e. The van der Waals surface area contributed by atoms with Crippen LogP contribution in [0.15, 0.2) is 51.9 Å². The zero-order valence-electron chi connectivity index (χ0n) is 20.9. The highest BCUT2D eigenvalue weighted by molar-refractivity contribution is 5.93. The highest BCUT2D eigenvalue weighted by Gasteiger charge is 2.76. The number of carbonyl (C=O) groups is 2. The number of esters is 2. The number of rotatable bonds is 7. The first-order chi connectivity index (χ1) is 17.1. The van der Waals surface area contributed by atoms with E-state index in [0.29, 0.717) is 47.3 Å². The Morgan fingerprint density at radius 1 is 1.06 bits per heavy atom. The van der Waals surface area contributed by atoms with Crippen LogP contribution in [0.25, 0.3) is 11.0 Å². The van der Waals surface area contributed by atoms with Crippen molar-refractivity contribution in [3.63, 3.8) is 0 Å². The Morgan fingerprint density at radius 2 is 1.81 bits per heavy atom. The Morgan fingerprint density at radius 3 is 2.44 bits per heavy atom. The first kappa shape index (κ1) is 24.0. The molecule has 8 nitrogen and oxygen atoms in total. The van der Waals surface area contributed by atoms with E-state index in [-0.39, 0.29) is 24.6 Å². The molecule has 1 saturated carbocycles. The molecule has 2 fully saturated rings. The maximum absolute atomic E-state index is 13.5. The lowest BCUT2D eigenvalue weighted by Crippen LogP contribution is -2.48. The topological polar surface area (TPSA) is 105 Å². The molecule has 5 rings (SSSR count). The Kier molecular flexibility index (Phi) is 5.65. The number of aromatic nitrogens is 1. The number of hydrogen-bond donors (Lipinski definition) is 0. The molecule has 2 aromatic heterocycles. The van der Waals surface area contributed by atoms with Gasteiger partial charge >= 0.3 is 11.9 Å². The summed E-state index contributed by atoms with van der Waals surface area (Å²) in [5.41, 5.74) is -1.34. The summed E-state index contributed by atoms with van der Waals surface area (Å²) in [7, 11) is 0. The smallest absolute Gasteiger partial charge is 0.351 e. The van der Waals surface area contributed by atoms with E-state index in [1.807, 2.05) is 39.8 Å². The second-order valence-electron chi connectivity index (χ2n) is 10.2. The molecule has 1 aliphatic heterocycles. The number of ether oxygens (including phenoxy) is 3. The average molecular weight is 492 g/mol. The fourth-order valence-corrected chi connectivity index (χ4v) is 5.35. The third kappa shape index (κ3) is 3.42. The van der Waals surface area contributed by atoms with Gasteiger partial charge in [0.1, 0.15) is 30.3 Å². The number of aryl methyl sites for hydroxylation is 1. The molecule has 2 bridgehead atoms. The van der Waals surface area contributed by atoms with Crippen molar-refractivity contribution < 1.29 is 28.2 Å². The van der Waals surface area contributed by atoms with Crippen molar-refractivity contribution in [2.45, 2.75) is 65.8 Å². The van der Waals surface area contributed by atoms with Gasteiger partial charge in [0.2, 0.25) is 5.60 Å². The fraction of sp³-hybridized carbons (Fsp3) is 0.429. The van der Waals surface area contributed by atoms with Crippen molar-refractivity contribution in [3.05, 3.63) is 69.8 Å². The minimum absolute atomic E-state index is 0.183. The van der Waals surface area contributed by atoms with Crippen LogP contribution in [0.4, 0.5) is 0 Å². The van der Waals surface area contributed by atoms with E-state index in [4.69, 9.17) is 18.6 Å². The summed E-state index contributed by atoms with van der Waals surface area (Å²) in [4.78, 5) is 42.8. The Hall–Kier alpha value is -3.68.